The van der Waals surface area contributed by atoms with Crippen LogP contribution >= 0.6 is 0 Å². The van der Waals surface area contributed by atoms with Crippen LogP contribution in [0.2, 0.25) is 0 Å². The molecule has 1 aromatic heterocycles. The van der Waals surface area contributed by atoms with Gasteiger partial charge in [-0.05, 0) is 32.0 Å². The number of hydrogen-bond donors (Lipinski definition) is 1. The van der Waals surface area contributed by atoms with E-state index in [0.717, 1.165) is 37.7 Å². The van der Waals surface area contributed by atoms with Gasteiger partial charge in [-0.3, -0.25) is 4.79 Å². The van der Waals surface area contributed by atoms with Crippen LogP contribution in [0, 0.1) is 0 Å². The molecule has 2 aromatic rings. The molecule has 0 spiro atoms. The molecule has 0 atom stereocenters. The Labute approximate surface area is 154 Å². The highest BCUT2D eigenvalue weighted by Gasteiger charge is 2.17. The van der Waals surface area contributed by atoms with E-state index in [1.807, 2.05) is 32.0 Å². The van der Waals surface area contributed by atoms with Crippen molar-refractivity contribution < 1.29 is 9.53 Å². The highest BCUT2D eigenvalue weighted by molar-refractivity contribution is 5.92. The molecule has 3 rings (SSSR count). The van der Waals surface area contributed by atoms with E-state index in [9.17, 15) is 4.79 Å². The van der Waals surface area contributed by atoms with Crippen molar-refractivity contribution >= 4 is 23.2 Å². The second kappa shape index (κ2) is 8.62. The number of aromatic nitrogens is 2. The summed E-state index contributed by atoms with van der Waals surface area (Å²) in [5, 5.41) is 3.26. The number of anilines is 3. The molecular weight excluding hydrogens is 330 g/mol. The molecule has 2 heterocycles. The summed E-state index contributed by atoms with van der Waals surface area (Å²) < 4.78 is 5.44. The second-order valence-corrected chi connectivity index (χ2v) is 5.98. The number of para-hydroxylation sites is 2. The second-order valence-electron chi connectivity index (χ2n) is 5.98. The van der Waals surface area contributed by atoms with Crippen molar-refractivity contribution in [3.05, 3.63) is 42.2 Å². The molecule has 0 bridgehead atoms. The minimum absolute atomic E-state index is 0.0816. The van der Waals surface area contributed by atoms with Crippen LogP contribution in [0.1, 0.15) is 24.3 Å². The lowest BCUT2D eigenvalue weighted by molar-refractivity contribution is 0.0767. The Hall–Kier alpha value is -2.67. The smallest absolute Gasteiger partial charge is 0.272 e. The zero-order chi connectivity index (χ0) is 18.4. The third-order valence-electron chi connectivity index (χ3n) is 4.43. The molecule has 0 unspecified atom stereocenters. The van der Waals surface area contributed by atoms with E-state index in [0.29, 0.717) is 24.7 Å². The molecule has 138 valence electrons. The summed E-state index contributed by atoms with van der Waals surface area (Å²) in [6, 6.07) is 9.69. The lowest BCUT2D eigenvalue weighted by atomic mass is 10.2. The monoisotopic (exact) mass is 355 g/mol. The first-order valence-electron chi connectivity index (χ1n) is 9.04. The van der Waals surface area contributed by atoms with E-state index < -0.39 is 0 Å². The van der Waals surface area contributed by atoms with Gasteiger partial charge in [-0.25, -0.2) is 9.97 Å². The van der Waals surface area contributed by atoms with Gasteiger partial charge in [-0.2, -0.15) is 0 Å². The number of amides is 1. The molecule has 26 heavy (non-hydrogen) atoms. The maximum atomic E-state index is 12.5. The Morgan fingerprint density at radius 3 is 2.65 bits per heavy atom. The van der Waals surface area contributed by atoms with Crippen molar-refractivity contribution in [2.24, 2.45) is 0 Å². The predicted molar refractivity (Wildman–Crippen MR) is 102 cm³/mol. The Morgan fingerprint density at radius 1 is 1.19 bits per heavy atom. The Kier molecular flexibility index (Phi) is 6.01. The number of carbonyl (C=O) groups excluding carboxylic acids is 1. The van der Waals surface area contributed by atoms with Crippen LogP contribution in [-0.4, -0.2) is 60.2 Å². The van der Waals surface area contributed by atoms with Crippen molar-refractivity contribution in [1.29, 1.82) is 0 Å². The zero-order valence-electron chi connectivity index (χ0n) is 15.3. The van der Waals surface area contributed by atoms with Crippen LogP contribution in [0.3, 0.4) is 0 Å². The first-order valence-corrected chi connectivity index (χ1v) is 9.04. The highest BCUT2D eigenvalue weighted by Crippen LogP contribution is 2.28. The van der Waals surface area contributed by atoms with Crippen molar-refractivity contribution in [2.45, 2.75) is 13.8 Å². The van der Waals surface area contributed by atoms with E-state index in [1.54, 1.807) is 17.2 Å². The molecule has 1 N–H and O–H groups in total. The SMILES string of the molecule is CCN(CC)C(=O)c1ccnc(Nc2ccccc2N2CCOCC2)n1. The minimum atomic E-state index is -0.0816. The van der Waals surface area contributed by atoms with Crippen molar-refractivity contribution in [3.8, 4) is 0 Å². The Morgan fingerprint density at radius 2 is 1.92 bits per heavy atom. The number of ether oxygens (including phenoxy) is 1. The fourth-order valence-corrected chi connectivity index (χ4v) is 2.99. The van der Waals surface area contributed by atoms with Crippen LogP contribution < -0.4 is 10.2 Å². The summed E-state index contributed by atoms with van der Waals surface area (Å²) in [7, 11) is 0. The van der Waals surface area contributed by atoms with Crippen LogP contribution in [-0.2, 0) is 4.74 Å². The minimum Gasteiger partial charge on any atom is -0.378 e. The number of hydrogen-bond acceptors (Lipinski definition) is 6. The van der Waals surface area contributed by atoms with E-state index in [4.69, 9.17) is 4.74 Å². The molecule has 1 aliphatic heterocycles. The predicted octanol–water partition coefficient (Wildman–Crippen LogP) is 2.54. The van der Waals surface area contributed by atoms with Crippen molar-refractivity contribution in [2.75, 3.05) is 49.6 Å². The van der Waals surface area contributed by atoms with Crippen LogP contribution in [0.4, 0.5) is 17.3 Å². The summed E-state index contributed by atoms with van der Waals surface area (Å²) >= 11 is 0. The molecule has 1 aliphatic rings. The van der Waals surface area contributed by atoms with Crippen LogP contribution in [0.5, 0.6) is 0 Å². The average Bonchev–Trinajstić information content (AvgIpc) is 2.70. The van der Waals surface area contributed by atoms with Gasteiger partial charge in [0.15, 0.2) is 0 Å². The standard InChI is InChI=1S/C19H25N5O2/c1-3-23(4-2)18(25)16-9-10-20-19(22-16)21-15-7-5-6-8-17(15)24-11-13-26-14-12-24/h5-10H,3-4,11-14H2,1-2H3,(H,20,21,22). The van der Waals surface area contributed by atoms with Gasteiger partial charge in [0.25, 0.3) is 5.91 Å². The molecular formula is C19H25N5O2. The lowest BCUT2D eigenvalue weighted by Crippen LogP contribution is -2.36. The fourth-order valence-electron chi connectivity index (χ4n) is 2.99. The summed E-state index contributed by atoms with van der Waals surface area (Å²) in [4.78, 5) is 25.2. The van der Waals surface area contributed by atoms with Gasteiger partial charge < -0.3 is 19.9 Å². The normalized spacial score (nSPS) is 14.2. The highest BCUT2D eigenvalue weighted by atomic mass is 16.5. The number of benzene rings is 1. The van der Waals surface area contributed by atoms with E-state index in [-0.39, 0.29) is 5.91 Å². The Bertz CT molecular complexity index is 742. The quantitative estimate of drug-likeness (QED) is 0.859. The molecule has 0 saturated carbocycles. The van der Waals surface area contributed by atoms with Gasteiger partial charge in [0, 0.05) is 32.4 Å². The van der Waals surface area contributed by atoms with E-state index in [1.165, 1.54) is 0 Å². The average molecular weight is 355 g/mol. The lowest BCUT2D eigenvalue weighted by Gasteiger charge is -2.30. The molecule has 0 radical (unpaired) electrons. The van der Waals surface area contributed by atoms with Crippen LogP contribution in [0.25, 0.3) is 0 Å². The van der Waals surface area contributed by atoms with Gasteiger partial charge in [-0.1, -0.05) is 12.1 Å². The fraction of sp³-hybridized carbons (Fsp3) is 0.421. The summed E-state index contributed by atoms with van der Waals surface area (Å²) in [5.41, 5.74) is 2.40. The number of nitrogens with zero attached hydrogens (tertiary/aromatic N) is 4. The van der Waals surface area contributed by atoms with Gasteiger partial charge in [0.2, 0.25) is 5.95 Å². The third kappa shape index (κ3) is 4.11. The summed E-state index contributed by atoms with van der Waals surface area (Å²) in [5.74, 6) is 0.339. The molecule has 1 aromatic carbocycles. The largest absolute Gasteiger partial charge is 0.378 e. The third-order valence-corrected chi connectivity index (χ3v) is 4.43. The number of carbonyl (C=O) groups is 1. The summed E-state index contributed by atoms with van der Waals surface area (Å²) in [6.45, 7) is 8.36. The number of nitrogens with one attached hydrogen (secondary N) is 1. The molecule has 0 aliphatic carbocycles. The van der Waals surface area contributed by atoms with Crippen molar-refractivity contribution in [3.63, 3.8) is 0 Å². The molecule has 1 saturated heterocycles. The van der Waals surface area contributed by atoms with E-state index in [2.05, 4.69) is 26.3 Å². The van der Waals surface area contributed by atoms with Crippen molar-refractivity contribution in [1.82, 2.24) is 14.9 Å². The zero-order valence-corrected chi connectivity index (χ0v) is 15.3. The molecule has 7 nitrogen and oxygen atoms in total. The number of morpholine rings is 1. The number of rotatable bonds is 6. The van der Waals surface area contributed by atoms with Crippen LogP contribution in [0.15, 0.2) is 36.5 Å². The molecule has 1 fully saturated rings. The topological polar surface area (TPSA) is 70.6 Å². The first kappa shape index (κ1) is 18.1. The first-order chi connectivity index (χ1) is 12.7. The maximum Gasteiger partial charge on any atom is 0.272 e. The Balaban J connectivity index is 1.81. The van der Waals surface area contributed by atoms with Gasteiger partial charge in [0.1, 0.15) is 5.69 Å². The van der Waals surface area contributed by atoms with Gasteiger partial charge in [-0.15, -0.1) is 0 Å². The molecule has 7 heteroatoms. The van der Waals surface area contributed by atoms with Gasteiger partial charge >= 0.3 is 0 Å². The van der Waals surface area contributed by atoms with Gasteiger partial charge in [0.05, 0.1) is 24.6 Å². The summed E-state index contributed by atoms with van der Waals surface area (Å²) in [6.07, 6.45) is 1.61. The molecule has 1 amide bonds. The maximum absolute atomic E-state index is 12.5. The van der Waals surface area contributed by atoms with E-state index >= 15 is 0 Å².